The van der Waals surface area contributed by atoms with Crippen LogP contribution in [0.4, 0.5) is 28.7 Å². The molecule has 0 aliphatic heterocycles. The van der Waals surface area contributed by atoms with Crippen LogP contribution in [0.15, 0.2) is 61.6 Å². The van der Waals surface area contributed by atoms with Crippen LogP contribution in [-0.2, 0) is 88.1 Å². The Bertz CT molecular complexity index is 3710. The van der Waals surface area contributed by atoms with Crippen LogP contribution in [0.1, 0.15) is 95.4 Å². The maximum Gasteiger partial charge on any atom is 2.00 e. The Labute approximate surface area is 548 Å². The molecule has 0 aromatic carbocycles. The summed E-state index contributed by atoms with van der Waals surface area (Å²) in [7, 11) is 11.6. The predicted molar refractivity (Wildman–Crippen MR) is 332 cm³/mol. The monoisotopic (exact) mass is 1350 g/mol. The van der Waals surface area contributed by atoms with Gasteiger partial charge in [0, 0.05) is 151 Å². The van der Waals surface area contributed by atoms with Gasteiger partial charge in [-0.2, -0.15) is 0 Å². The zero-order valence-corrected chi connectivity index (χ0v) is 53.9. The number of aryl methyl sites for hydroxylation is 6. The first-order chi connectivity index (χ1) is 44.1. The second kappa shape index (κ2) is 35.4. The third kappa shape index (κ3) is 23.0. The van der Waals surface area contributed by atoms with Crippen molar-refractivity contribution in [2.24, 2.45) is 42.3 Å². The number of amides is 9. The number of imidazole rings is 3. The Balaban J connectivity index is 0.0000160. The van der Waals surface area contributed by atoms with Crippen molar-refractivity contribution in [2.45, 2.75) is 32.1 Å². The fourth-order valence-electron chi connectivity index (χ4n) is 9.50. The maximum atomic E-state index is 13.4. The summed E-state index contributed by atoms with van der Waals surface area (Å²) in [6.45, 7) is 0.226. The van der Waals surface area contributed by atoms with E-state index < -0.39 is 78.9 Å². The van der Waals surface area contributed by atoms with Crippen molar-refractivity contribution < 1.29 is 94.8 Å². The van der Waals surface area contributed by atoms with Crippen LogP contribution in [0.5, 0.6) is 0 Å². The first-order valence-corrected chi connectivity index (χ1v) is 29.2. The van der Waals surface area contributed by atoms with E-state index in [4.69, 9.17) is 10.2 Å². The van der Waals surface area contributed by atoms with Crippen LogP contribution < -0.4 is 52.8 Å². The van der Waals surface area contributed by atoms with Crippen LogP contribution >= 0.6 is 0 Å². The summed E-state index contributed by atoms with van der Waals surface area (Å²) in [6, 6.07) is 4.42. The molecule has 6 rings (SSSR count). The number of nitrogens with one attached hydrogen (secondary N) is 10. The first-order valence-electron chi connectivity index (χ1n) is 29.2. The normalized spacial score (nSPS) is 11.3. The summed E-state index contributed by atoms with van der Waals surface area (Å²) in [5.74, 6) is -7.77. The van der Waals surface area contributed by atoms with E-state index in [1.54, 1.807) is 60.9 Å². The van der Waals surface area contributed by atoms with Crippen molar-refractivity contribution in [3.8, 4) is 0 Å². The van der Waals surface area contributed by atoms with Crippen LogP contribution in [0.2, 0.25) is 0 Å². The predicted octanol–water partition coefficient (Wildman–Crippen LogP) is -2.44. The molecule has 1 unspecified atom stereocenters. The molecule has 6 aromatic heterocycles. The second-order valence-electron chi connectivity index (χ2n) is 21.9. The Morgan fingerprint density at radius 3 is 1.34 bits per heavy atom. The van der Waals surface area contributed by atoms with E-state index in [-0.39, 0.29) is 127 Å². The minimum Gasteiger partial charge on any atom is -0.480 e. The van der Waals surface area contributed by atoms with Gasteiger partial charge < -0.3 is 95.5 Å². The van der Waals surface area contributed by atoms with E-state index in [9.17, 15) is 62.6 Å². The summed E-state index contributed by atoms with van der Waals surface area (Å²) in [4.78, 5) is 166. The average molecular weight is 1350 g/mol. The van der Waals surface area contributed by atoms with E-state index in [0.717, 1.165) is 9.80 Å². The molecule has 506 valence electrons. The standard InChI is InChI=1S/C57H77N21O15.Fe/c1-70(19-10-15-59-45(81)31-77(32-46(82)83)21-22-78(33-47(84)85)34-48(86)87)18-9-14-58-43(79)12-16-62-52(88)38-24-36(27-72(38)3)64-54(90)40-25-37(28-74(40)5)65-53(89)39-23-35(26-73(39)4)63-44(80)11-8-13-61-55(91)50-66-41(29-75(50)6)69-57(93)51-67-42(30-76(51)7)68-56(92)49-60-17-20-71(49)2;/h17,20,23-30H,8-16,18-19,21-22,31-34H2,1-7H3,(H,58,79)(H,59,81)(H,61,91)(H,62,88)(H,63,80)(H,64,90)(H,65,89)(H,68,92)(H,69,93)(H,82,83)(H,84,85)(H,86,87);/q;+2/p+1. The number of carbonyl (C=O) groups excluding carboxylic acids is 9. The number of nitrogens with zero attached hydrogens (tertiary/aromatic N) is 11. The quantitative estimate of drug-likeness (QED) is 0.0142. The number of aliphatic carboxylic acids is 3. The molecule has 0 bridgehead atoms. The molecule has 0 aliphatic rings. The van der Waals surface area contributed by atoms with Gasteiger partial charge >= 0.3 is 35.0 Å². The van der Waals surface area contributed by atoms with E-state index in [1.807, 2.05) is 7.05 Å². The Hall–Kier alpha value is -10.5. The number of carbonyl (C=O) groups is 12. The number of aromatic nitrogens is 9. The molecule has 1 atom stereocenters. The molecule has 0 saturated heterocycles. The van der Waals surface area contributed by atoms with Gasteiger partial charge in [0.25, 0.3) is 35.4 Å². The summed E-state index contributed by atoms with van der Waals surface area (Å²) < 4.78 is 8.90. The molecule has 0 saturated carbocycles. The smallest absolute Gasteiger partial charge is 0.480 e. The Morgan fingerprint density at radius 2 is 0.862 bits per heavy atom. The number of hydrogen-bond donors (Lipinski definition) is 13. The fourth-order valence-corrected chi connectivity index (χ4v) is 9.50. The zero-order chi connectivity index (χ0) is 68.1. The zero-order valence-electron chi connectivity index (χ0n) is 52.8. The number of rotatable bonds is 37. The molecular formula is C57H78FeN21O15+3. The molecular weight excluding hydrogens is 1270 g/mol. The van der Waals surface area contributed by atoms with Crippen molar-refractivity contribution in [1.82, 2.24) is 73.4 Å². The van der Waals surface area contributed by atoms with Gasteiger partial charge in [-0.3, -0.25) is 67.3 Å². The maximum absolute atomic E-state index is 13.4. The van der Waals surface area contributed by atoms with Crippen molar-refractivity contribution in [1.29, 1.82) is 0 Å². The SMILES string of the molecule is Cn1cc(NC(=O)c2cc(NC(=O)c3cc(NC(=O)CCCNC(=O)c4nc(NC(=O)c5nc(NC(=O)c6nccn6C)cn5C)cn4C)cn3C)cn2C)cc1C(=O)NCCC(=O)NCCC[NH+](C)CCCNC(=O)CN(CCN(CC(=O)O)CC(=O)O)CC(=O)O.[Fe+2]. The third-order valence-corrected chi connectivity index (χ3v) is 14.1. The molecule has 0 aliphatic carbocycles. The van der Waals surface area contributed by atoms with Crippen LogP contribution in [0, 0.1) is 0 Å². The van der Waals surface area contributed by atoms with Gasteiger partial charge in [-0.1, -0.05) is 0 Å². The molecule has 36 nitrogen and oxygen atoms in total. The van der Waals surface area contributed by atoms with Gasteiger partial charge in [-0.25, -0.2) is 15.0 Å². The fraction of sp³-hybridized carbons (Fsp3) is 0.421. The van der Waals surface area contributed by atoms with Crippen molar-refractivity contribution in [3.05, 3.63) is 96.1 Å². The first kappa shape index (κ1) is 74.2. The van der Waals surface area contributed by atoms with Crippen LogP contribution in [-0.4, -0.2) is 224 Å². The topological polar surface area (TPSA) is 453 Å². The van der Waals surface area contributed by atoms with Gasteiger partial charge in [-0.05, 0) is 24.6 Å². The van der Waals surface area contributed by atoms with Crippen LogP contribution in [0.25, 0.3) is 0 Å². The largest absolute Gasteiger partial charge is 2.00 e. The average Bonchev–Trinajstić information content (AvgIpc) is 1.70. The molecule has 13 N–H and O–H groups in total. The van der Waals surface area contributed by atoms with Gasteiger partial charge in [0.2, 0.25) is 29.4 Å². The minimum atomic E-state index is -1.24. The number of quaternary nitrogens is 1. The molecule has 0 radical (unpaired) electrons. The molecule has 0 spiro atoms. The Kier molecular flexibility index (Phi) is 27.9. The van der Waals surface area contributed by atoms with Crippen molar-refractivity contribution in [2.75, 3.05) is 112 Å². The summed E-state index contributed by atoms with van der Waals surface area (Å²) in [5.41, 5.74) is 1.51. The van der Waals surface area contributed by atoms with Gasteiger partial charge in [0.1, 0.15) is 17.1 Å². The third-order valence-electron chi connectivity index (χ3n) is 14.1. The molecule has 6 heterocycles. The van der Waals surface area contributed by atoms with Crippen molar-refractivity contribution in [3.63, 3.8) is 0 Å². The molecule has 94 heavy (non-hydrogen) atoms. The summed E-state index contributed by atoms with van der Waals surface area (Å²) in [6.07, 6.45) is 12.1. The second-order valence-corrected chi connectivity index (χ2v) is 21.9. The van der Waals surface area contributed by atoms with Gasteiger partial charge in [0.15, 0.2) is 17.5 Å². The molecule has 6 aromatic rings. The van der Waals surface area contributed by atoms with Gasteiger partial charge in [0.05, 0.1) is 63.4 Å². The Morgan fingerprint density at radius 1 is 0.436 bits per heavy atom. The summed E-state index contributed by atoms with van der Waals surface area (Å²) >= 11 is 0. The van der Waals surface area contributed by atoms with E-state index in [1.165, 1.54) is 75.3 Å². The van der Waals surface area contributed by atoms with Crippen molar-refractivity contribution >= 4 is 99.8 Å². The molecule has 37 heteroatoms. The molecule has 0 fully saturated rings. The van der Waals surface area contributed by atoms with E-state index in [2.05, 4.69) is 62.8 Å². The number of carboxylic acids is 3. The van der Waals surface area contributed by atoms with E-state index in [0.29, 0.717) is 56.1 Å². The number of anilines is 5. The summed E-state index contributed by atoms with van der Waals surface area (Å²) in [5, 5.41) is 51.8. The molecule has 9 amide bonds. The number of carboxylic acid groups (broad SMARTS) is 3. The van der Waals surface area contributed by atoms with Gasteiger partial charge in [-0.15, -0.1) is 0 Å². The number of hydrogen-bond acceptors (Lipinski definition) is 17. The minimum absolute atomic E-state index is 0. The van der Waals surface area contributed by atoms with E-state index >= 15 is 0 Å². The van der Waals surface area contributed by atoms with Crippen LogP contribution in [0.3, 0.4) is 0 Å².